The maximum Gasteiger partial charge on any atom is 0.260 e. The van der Waals surface area contributed by atoms with Gasteiger partial charge in [0.15, 0.2) is 0 Å². The highest BCUT2D eigenvalue weighted by Gasteiger charge is 2.38. The summed E-state index contributed by atoms with van der Waals surface area (Å²) in [5.74, 6) is -0.985. The number of hydrogen-bond acceptors (Lipinski definition) is 7. The van der Waals surface area contributed by atoms with E-state index in [1.807, 2.05) is 37.3 Å². The first-order valence-corrected chi connectivity index (χ1v) is 14.3. The third-order valence-electron chi connectivity index (χ3n) is 6.02. The van der Waals surface area contributed by atoms with Gasteiger partial charge in [-0.3, -0.25) is 9.59 Å². The monoisotopic (exact) mass is 563 g/mol. The Morgan fingerprint density at radius 2 is 1.62 bits per heavy atom. The van der Waals surface area contributed by atoms with Crippen molar-refractivity contribution in [3.8, 4) is 0 Å². The first kappa shape index (κ1) is 28.1. The Balaban J connectivity index is 1.68. The van der Waals surface area contributed by atoms with Gasteiger partial charge in [0, 0.05) is 31.2 Å². The molecule has 0 saturated carbocycles. The molecule has 0 saturated heterocycles. The van der Waals surface area contributed by atoms with Gasteiger partial charge in [0.2, 0.25) is 15.9 Å². The molecule has 39 heavy (non-hydrogen) atoms. The lowest BCUT2D eigenvalue weighted by Gasteiger charge is -2.16. The minimum absolute atomic E-state index is 0.0422. The molecule has 202 valence electrons. The number of anilines is 2. The SMILES string of the molecule is Cc1ccc(N=C2SC(C(=O)Nc3cc(S(=O)(=O)N(C)C)ccc3C)C(N)=C2C(=O)Nc2ccccc2)cc1. The van der Waals surface area contributed by atoms with E-state index in [9.17, 15) is 18.0 Å². The van der Waals surface area contributed by atoms with Crippen LogP contribution in [0.4, 0.5) is 17.1 Å². The van der Waals surface area contributed by atoms with Crippen molar-refractivity contribution in [2.75, 3.05) is 24.7 Å². The molecule has 0 spiro atoms. The van der Waals surface area contributed by atoms with E-state index in [2.05, 4.69) is 15.6 Å². The van der Waals surface area contributed by atoms with Crippen molar-refractivity contribution >= 4 is 55.7 Å². The molecule has 11 heteroatoms. The smallest absolute Gasteiger partial charge is 0.260 e. The zero-order valence-electron chi connectivity index (χ0n) is 21.9. The van der Waals surface area contributed by atoms with E-state index in [1.54, 1.807) is 37.3 Å². The van der Waals surface area contributed by atoms with Crippen LogP contribution >= 0.6 is 11.8 Å². The molecule has 1 atom stereocenters. The fraction of sp³-hybridized carbons (Fsp3) is 0.179. The minimum atomic E-state index is -3.71. The van der Waals surface area contributed by atoms with E-state index in [-0.39, 0.29) is 16.2 Å². The van der Waals surface area contributed by atoms with Gasteiger partial charge < -0.3 is 16.4 Å². The second kappa shape index (κ2) is 11.4. The molecule has 0 radical (unpaired) electrons. The number of aryl methyl sites for hydroxylation is 2. The van der Waals surface area contributed by atoms with E-state index in [1.165, 1.54) is 26.2 Å². The summed E-state index contributed by atoms with van der Waals surface area (Å²) in [4.78, 5) is 31.5. The van der Waals surface area contributed by atoms with Crippen LogP contribution in [0.1, 0.15) is 11.1 Å². The van der Waals surface area contributed by atoms with Gasteiger partial charge in [-0.25, -0.2) is 17.7 Å². The maximum absolute atomic E-state index is 13.4. The summed E-state index contributed by atoms with van der Waals surface area (Å²) in [6.45, 7) is 3.71. The van der Waals surface area contributed by atoms with Crippen LogP contribution in [-0.2, 0) is 19.6 Å². The third-order valence-corrected chi connectivity index (χ3v) is 9.05. The van der Waals surface area contributed by atoms with Crippen molar-refractivity contribution in [2.45, 2.75) is 24.0 Å². The number of benzene rings is 3. The summed E-state index contributed by atoms with van der Waals surface area (Å²) in [5.41, 5.74) is 9.85. The second-order valence-corrected chi connectivity index (χ2v) is 12.4. The summed E-state index contributed by atoms with van der Waals surface area (Å²) < 4.78 is 26.3. The Morgan fingerprint density at radius 3 is 2.26 bits per heavy atom. The number of sulfonamides is 1. The predicted octanol–water partition coefficient (Wildman–Crippen LogP) is 4.19. The molecular weight excluding hydrogens is 534 g/mol. The van der Waals surface area contributed by atoms with Gasteiger partial charge in [0.05, 0.1) is 16.2 Å². The minimum Gasteiger partial charge on any atom is -0.400 e. The Kier molecular flexibility index (Phi) is 8.24. The largest absolute Gasteiger partial charge is 0.400 e. The zero-order chi connectivity index (χ0) is 28.3. The first-order valence-electron chi connectivity index (χ1n) is 12.0. The number of nitrogens with zero attached hydrogens (tertiary/aromatic N) is 2. The van der Waals surface area contributed by atoms with Crippen molar-refractivity contribution in [1.82, 2.24) is 4.31 Å². The number of nitrogens with two attached hydrogens (primary N) is 1. The average Bonchev–Trinajstić information content (AvgIpc) is 3.22. The van der Waals surface area contributed by atoms with Crippen molar-refractivity contribution in [2.24, 2.45) is 10.7 Å². The summed E-state index contributed by atoms with van der Waals surface area (Å²) in [5, 5.41) is 4.96. The molecule has 2 amide bonds. The van der Waals surface area contributed by atoms with E-state index in [4.69, 9.17) is 5.73 Å². The van der Waals surface area contributed by atoms with Crippen LogP contribution in [0.2, 0.25) is 0 Å². The van der Waals surface area contributed by atoms with Crippen LogP contribution in [-0.4, -0.2) is 48.9 Å². The second-order valence-electron chi connectivity index (χ2n) is 9.15. The van der Waals surface area contributed by atoms with Crippen LogP contribution in [0.5, 0.6) is 0 Å². The molecule has 1 aliphatic heterocycles. The standard InChI is InChI=1S/C28H29N5O4S2/c1-17-10-13-20(14-11-17)31-28-23(26(34)30-19-8-6-5-7-9-19)24(29)25(38-28)27(35)32-22-16-21(15-12-18(22)2)39(36,37)33(3)4/h5-16,25H,29H2,1-4H3,(H,30,34)(H,32,35). The van der Waals surface area contributed by atoms with Crippen LogP contribution in [0.15, 0.2) is 94.0 Å². The number of carbonyl (C=O) groups excluding carboxylic acids is 2. The van der Waals surface area contributed by atoms with Gasteiger partial charge in [0.1, 0.15) is 10.3 Å². The highest BCUT2D eigenvalue weighted by atomic mass is 32.2. The van der Waals surface area contributed by atoms with Crippen molar-refractivity contribution in [3.05, 3.63) is 95.2 Å². The number of para-hydroxylation sites is 1. The molecule has 0 aliphatic carbocycles. The maximum atomic E-state index is 13.4. The molecule has 0 aromatic heterocycles. The molecule has 4 rings (SSSR count). The summed E-state index contributed by atoms with van der Waals surface area (Å²) >= 11 is 1.06. The van der Waals surface area contributed by atoms with E-state index in [0.717, 1.165) is 21.6 Å². The molecule has 9 nitrogen and oxygen atoms in total. The van der Waals surface area contributed by atoms with Gasteiger partial charge in [-0.05, 0) is 55.8 Å². The van der Waals surface area contributed by atoms with Crippen LogP contribution in [0.3, 0.4) is 0 Å². The van der Waals surface area contributed by atoms with Gasteiger partial charge in [0.25, 0.3) is 5.91 Å². The van der Waals surface area contributed by atoms with Crippen molar-refractivity contribution < 1.29 is 18.0 Å². The van der Waals surface area contributed by atoms with Gasteiger partial charge in [-0.15, -0.1) is 0 Å². The number of rotatable bonds is 7. The Morgan fingerprint density at radius 1 is 0.949 bits per heavy atom. The Bertz CT molecular complexity index is 1580. The Labute approximate surface area is 232 Å². The van der Waals surface area contributed by atoms with Crippen LogP contribution in [0.25, 0.3) is 0 Å². The fourth-order valence-electron chi connectivity index (χ4n) is 3.75. The number of aliphatic imine (C=N–C) groups is 1. The Hall–Kier alpha value is -3.93. The fourth-order valence-corrected chi connectivity index (χ4v) is 5.80. The lowest BCUT2D eigenvalue weighted by Crippen LogP contribution is -2.30. The van der Waals surface area contributed by atoms with Gasteiger partial charge >= 0.3 is 0 Å². The number of carbonyl (C=O) groups is 2. The predicted molar refractivity (Wildman–Crippen MR) is 157 cm³/mol. The van der Waals surface area contributed by atoms with Crippen molar-refractivity contribution in [3.63, 3.8) is 0 Å². The quantitative estimate of drug-likeness (QED) is 0.395. The first-order chi connectivity index (χ1) is 18.5. The summed E-state index contributed by atoms with van der Waals surface area (Å²) in [6, 6.07) is 20.9. The highest BCUT2D eigenvalue weighted by Crippen LogP contribution is 2.36. The van der Waals surface area contributed by atoms with E-state index < -0.39 is 27.1 Å². The molecule has 3 aromatic carbocycles. The van der Waals surface area contributed by atoms with E-state index >= 15 is 0 Å². The average molecular weight is 564 g/mol. The van der Waals surface area contributed by atoms with Crippen LogP contribution in [0, 0.1) is 13.8 Å². The molecule has 0 bridgehead atoms. The number of hydrogen-bond donors (Lipinski definition) is 3. The third kappa shape index (κ3) is 6.22. The molecule has 3 aromatic rings. The molecule has 1 heterocycles. The molecule has 1 aliphatic rings. The molecule has 4 N–H and O–H groups in total. The molecule has 1 unspecified atom stereocenters. The number of nitrogens with one attached hydrogen (secondary N) is 2. The lowest BCUT2D eigenvalue weighted by molar-refractivity contribution is -0.115. The highest BCUT2D eigenvalue weighted by molar-refractivity contribution is 8.16. The van der Waals surface area contributed by atoms with Gasteiger partial charge in [-0.2, -0.15) is 0 Å². The van der Waals surface area contributed by atoms with Crippen molar-refractivity contribution in [1.29, 1.82) is 0 Å². The topological polar surface area (TPSA) is 134 Å². The summed E-state index contributed by atoms with van der Waals surface area (Å²) in [6.07, 6.45) is 0. The number of thioether (sulfide) groups is 1. The zero-order valence-corrected chi connectivity index (χ0v) is 23.6. The molecule has 0 fully saturated rings. The normalized spacial score (nSPS) is 16.5. The van der Waals surface area contributed by atoms with Gasteiger partial charge in [-0.1, -0.05) is 53.7 Å². The van der Waals surface area contributed by atoms with Crippen LogP contribution < -0.4 is 16.4 Å². The number of amides is 2. The molecular formula is C28H29N5O4S2. The lowest BCUT2D eigenvalue weighted by atomic mass is 10.1. The summed E-state index contributed by atoms with van der Waals surface area (Å²) in [7, 11) is -0.836. The van der Waals surface area contributed by atoms with E-state index in [0.29, 0.717) is 27.7 Å².